The summed E-state index contributed by atoms with van der Waals surface area (Å²) in [4.78, 5) is 15.0. The zero-order chi connectivity index (χ0) is 17.4. The van der Waals surface area contributed by atoms with Crippen molar-refractivity contribution in [1.82, 2.24) is 4.98 Å². The minimum atomic E-state index is -0.421. The summed E-state index contributed by atoms with van der Waals surface area (Å²) in [7, 11) is 0. The van der Waals surface area contributed by atoms with Gasteiger partial charge in [-0.2, -0.15) is 0 Å². The summed E-state index contributed by atoms with van der Waals surface area (Å²) in [5.41, 5.74) is 4.86. The van der Waals surface area contributed by atoms with Gasteiger partial charge in [-0.3, -0.25) is 10.1 Å². The number of aryl methyl sites for hydroxylation is 1. The normalized spacial score (nSPS) is 10.9. The van der Waals surface area contributed by atoms with Crippen molar-refractivity contribution in [2.75, 3.05) is 0 Å². The summed E-state index contributed by atoms with van der Waals surface area (Å²) in [5.74, 6) is 0.457. The summed E-state index contributed by atoms with van der Waals surface area (Å²) in [6, 6.07) is 20.9. The van der Waals surface area contributed by atoms with E-state index in [9.17, 15) is 10.1 Å². The van der Waals surface area contributed by atoms with Crippen LogP contribution in [0.15, 0.2) is 71.1 Å². The van der Waals surface area contributed by atoms with E-state index in [1.165, 1.54) is 12.1 Å². The average molecular weight is 330 g/mol. The Labute approximate surface area is 143 Å². The smallest absolute Gasteiger partial charge is 0.272 e. The highest BCUT2D eigenvalue weighted by Crippen LogP contribution is 2.30. The van der Waals surface area contributed by atoms with E-state index in [2.05, 4.69) is 17.1 Å². The molecular weight excluding hydrogens is 316 g/mol. The SMILES string of the molecule is Cc1cc([N+](=O)[O-])cc2nc(-c3ccc(-c4ccccc4)cc3)oc12. The second-order valence-electron chi connectivity index (χ2n) is 5.83. The predicted octanol–water partition coefficient (Wildman–Crippen LogP) is 5.38. The van der Waals surface area contributed by atoms with Crippen LogP contribution in [0.25, 0.3) is 33.7 Å². The van der Waals surface area contributed by atoms with Crippen LogP contribution >= 0.6 is 0 Å². The maximum atomic E-state index is 11.0. The predicted molar refractivity (Wildman–Crippen MR) is 96.3 cm³/mol. The van der Waals surface area contributed by atoms with Crippen LogP contribution < -0.4 is 0 Å². The van der Waals surface area contributed by atoms with Crippen molar-refractivity contribution >= 4 is 16.8 Å². The van der Waals surface area contributed by atoms with E-state index in [0.29, 0.717) is 22.6 Å². The number of aromatic nitrogens is 1. The van der Waals surface area contributed by atoms with Crippen LogP contribution in [-0.4, -0.2) is 9.91 Å². The van der Waals surface area contributed by atoms with Gasteiger partial charge in [0.2, 0.25) is 5.89 Å². The molecule has 3 aromatic carbocycles. The number of nitrogens with zero attached hydrogens (tertiary/aromatic N) is 2. The number of non-ortho nitro benzene ring substituents is 1. The van der Waals surface area contributed by atoms with Crippen molar-refractivity contribution in [2.45, 2.75) is 6.92 Å². The standard InChI is InChI=1S/C20H14N2O3/c1-13-11-17(22(23)24)12-18-19(13)25-20(21-18)16-9-7-15(8-10-16)14-5-3-2-4-6-14/h2-12H,1H3. The summed E-state index contributed by atoms with van der Waals surface area (Å²) in [6.07, 6.45) is 0. The van der Waals surface area contributed by atoms with Gasteiger partial charge in [-0.05, 0) is 30.2 Å². The second kappa shape index (κ2) is 5.87. The van der Waals surface area contributed by atoms with Gasteiger partial charge in [0, 0.05) is 23.3 Å². The van der Waals surface area contributed by atoms with Crippen molar-refractivity contribution in [1.29, 1.82) is 0 Å². The number of oxazole rings is 1. The third-order valence-electron chi connectivity index (χ3n) is 4.11. The van der Waals surface area contributed by atoms with Gasteiger partial charge in [-0.25, -0.2) is 4.98 Å². The number of hydrogen-bond acceptors (Lipinski definition) is 4. The summed E-state index contributed by atoms with van der Waals surface area (Å²) in [6.45, 7) is 1.78. The topological polar surface area (TPSA) is 69.2 Å². The van der Waals surface area contributed by atoms with Crippen molar-refractivity contribution in [3.05, 3.63) is 82.4 Å². The second-order valence-corrected chi connectivity index (χ2v) is 5.83. The van der Waals surface area contributed by atoms with Crippen molar-refractivity contribution in [2.24, 2.45) is 0 Å². The number of nitro benzene ring substituents is 1. The van der Waals surface area contributed by atoms with Crippen LogP contribution in [0.4, 0.5) is 5.69 Å². The van der Waals surface area contributed by atoms with Crippen molar-refractivity contribution in [3.8, 4) is 22.6 Å². The molecule has 0 aliphatic heterocycles. The van der Waals surface area contributed by atoms with E-state index in [1.54, 1.807) is 6.92 Å². The van der Waals surface area contributed by atoms with Crippen LogP contribution in [0.2, 0.25) is 0 Å². The van der Waals surface area contributed by atoms with E-state index in [1.807, 2.05) is 42.5 Å². The first-order valence-electron chi connectivity index (χ1n) is 7.83. The van der Waals surface area contributed by atoms with Crippen LogP contribution in [-0.2, 0) is 0 Å². The minimum Gasteiger partial charge on any atom is -0.436 e. The fourth-order valence-corrected chi connectivity index (χ4v) is 2.85. The van der Waals surface area contributed by atoms with Crippen LogP contribution in [0.1, 0.15) is 5.56 Å². The van der Waals surface area contributed by atoms with E-state index < -0.39 is 4.92 Å². The lowest BCUT2D eigenvalue weighted by Gasteiger charge is -2.02. The molecule has 1 heterocycles. The molecule has 0 aliphatic carbocycles. The Morgan fingerprint density at radius 1 is 0.920 bits per heavy atom. The molecule has 0 aliphatic rings. The number of fused-ring (bicyclic) bond motifs is 1. The van der Waals surface area contributed by atoms with Gasteiger partial charge >= 0.3 is 0 Å². The van der Waals surface area contributed by atoms with Gasteiger partial charge in [0.25, 0.3) is 5.69 Å². The molecule has 0 fully saturated rings. The summed E-state index contributed by atoms with van der Waals surface area (Å²) < 4.78 is 5.83. The van der Waals surface area contributed by atoms with Crippen LogP contribution in [0.5, 0.6) is 0 Å². The third-order valence-corrected chi connectivity index (χ3v) is 4.11. The number of hydrogen-bond donors (Lipinski definition) is 0. The lowest BCUT2D eigenvalue weighted by Crippen LogP contribution is -1.88. The summed E-state index contributed by atoms with van der Waals surface area (Å²) >= 11 is 0. The number of nitro groups is 1. The zero-order valence-corrected chi connectivity index (χ0v) is 13.5. The Morgan fingerprint density at radius 3 is 2.24 bits per heavy atom. The molecule has 1 aromatic heterocycles. The highest BCUT2D eigenvalue weighted by Gasteiger charge is 2.15. The molecule has 0 unspecified atom stereocenters. The molecule has 0 atom stereocenters. The van der Waals surface area contributed by atoms with Crippen LogP contribution in [0.3, 0.4) is 0 Å². The van der Waals surface area contributed by atoms with Crippen molar-refractivity contribution < 1.29 is 9.34 Å². The minimum absolute atomic E-state index is 0.0178. The van der Waals surface area contributed by atoms with Gasteiger partial charge < -0.3 is 4.42 Å². The molecule has 0 radical (unpaired) electrons. The molecular formula is C20H14N2O3. The Hall–Kier alpha value is -3.47. The molecule has 0 N–H and O–H groups in total. The van der Waals surface area contributed by atoms with Gasteiger partial charge in [0.1, 0.15) is 5.52 Å². The molecule has 0 bridgehead atoms. The molecule has 4 rings (SSSR count). The Bertz CT molecular complexity index is 1070. The van der Waals surface area contributed by atoms with Gasteiger partial charge in [-0.1, -0.05) is 42.5 Å². The van der Waals surface area contributed by atoms with E-state index in [-0.39, 0.29) is 5.69 Å². The molecule has 25 heavy (non-hydrogen) atoms. The maximum absolute atomic E-state index is 11.0. The molecule has 0 spiro atoms. The Balaban J connectivity index is 1.74. The van der Waals surface area contributed by atoms with Gasteiger partial charge in [0.05, 0.1) is 4.92 Å². The van der Waals surface area contributed by atoms with Gasteiger partial charge in [-0.15, -0.1) is 0 Å². The molecule has 0 saturated heterocycles. The highest BCUT2D eigenvalue weighted by molar-refractivity contribution is 5.82. The summed E-state index contributed by atoms with van der Waals surface area (Å²) in [5, 5.41) is 11.0. The Morgan fingerprint density at radius 2 is 1.56 bits per heavy atom. The number of benzene rings is 3. The maximum Gasteiger partial charge on any atom is 0.272 e. The van der Waals surface area contributed by atoms with E-state index in [0.717, 1.165) is 16.7 Å². The van der Waals surface area contributed by atoms with E-state index >= 15 is 0 Å². The first kappa shape index (κ1) is 15.1. The Kier molecular flexibility index (Phi) is 3.54. The molecule has 5 nitrogen and oxygen atoms in total. The molecule has 5 heteroatoms. The molecule has 0 amide bonds. The number of rotatable bonds is 3. The highest BCUT2D eigenvalue weighted by atomic mass is 16.6. The van der Waals surface area contributed by atoms with Crippen molar-refractivity contribution in [3.63, 3.8) is 0 Å². The van der Waals surface area contributed by atoms with E-state index in [4.69, 9.17) is 4.42 Å². The quantitative estimate of drug-likeness (QED) is 0.373. The molecule has 4 aromatic rings. The third kappa shape index (κ3) is 2.76. The van der Waals surface area contributed by atoms with Crippen LogP contribution in [0, 0.1) is 17.0 Å². The molecule has 122 valence electrons. The fraction of sp³-hybridized carbons (Fsp3) is 0.0500. The first-order chi connectivity index (χ1) is 12.1. The first-order valence-corrected chi connectivity index (χ1v) is 7.83. The average Bonchev–Trinajstić information content (AvgIpc) is 3.07. The lowest BCUT2D eigenvalue weighted by atomic mass is 10.0. The largest absolute Gasteiger partial charge is 0.436 e. The monoisotopic (exact) mass is 330 g/mol. The molecule has 0 saturated carbocycles. The fourth-order valence-electron chi connectivity index (χ4n) is 2.85. The van der Waals surface area contributed by atoms with Gasteiger partial charge in [0.15, 0.2) is 5.58 Å². The lowest BCUT2D eigenvalue weighted by molar-refractivity contribution is -0.384. The zero-order valence-electron chi connectivity index (χ0n) is 13.5.